The van der Waals surface area contributed by atoms with E-state index in [0.29, 0.717) is 30.8 Å². The molecule has 1 aliphatic rings. The van der Waals surface area contributed by atoms with E-state index >= 15 is 0 Å². The van der Waals surface area contributed by atoms with Gasteiger partial charge in [-0.05, 0) is 31.5 Å². The summed E-state index contributed by atoms with van der Waals surface area (Å²) in [4.78, 5) is 19.9. The van der Waals surface area contributed by atoms with Gasteiger partial charge in [0.15, 0.2) is 6.10 Å². The number of amides is 2. The first-order chi connectivity index (χ1) is 13.0. The fraction of sp³-hybridized carbons (Fsp3) is 0.333. The first-order valence-electron chi connectivity index (χ1n) is 9.09. The third kappa shape index (κ3) is 5.29. The van der Waals surface area contributed by atoms with Crippen LogP contribution in [0.1, 0.15) is 31.4 Å². The van der Waals surface area contributed by atoms with Gasteiger partial charge < -0.3 is 15.1 Å². The highest BCUT2D eigenvalue weighted by molar-refractivity contribution is 6.01. The Morgan fingerprint density at radius 2 is 2.04 bits per heavy atom. The molecule has 142 valence electrons. The summed E-state index contributed by atoms with van der Waals surface area (Å²) in [5.41, 5.74) is 2.45. The topological polar surface area (TPSA) is 53.9 Å². The molecule has 2 aromatic carbocycles. The van der Waals surface area contributed by atoms with Crippen molar-refractivity contribution in [3.05, 3.63) is 71.5 Å². The number of urea groups is 1. The highest BCUT2D eigenvalue weighted by atomic mass is 19.1. The Bertz CT molecular complexity index is 808. The third-order valence-electron chi connectivity index (χ3n) is 4.23. The average molecular weight is 369 g/mol. The first-order valence-corrected chi connectivity index (χ1v) is 9.09. The van der Waals surface area contributed by atoms with E-state index in [1.807, 2.05) is 44.2 Å². The maximum absolute atomic E-state index is 13.4. The summed E-state index contributed by atoms with van der Waals surface area (Å²) < 4.78 is 13.4. The van der Waals surface area contributed by atoms with Crippen LogP contribution >= 0.6 is 0 Å². The summed E-state index contributed by atoms with van der Waals surface area (Å²) in [5.74, 6) is -0.305. The van der Waals surface area contributed by atoms with Crippen LogP contribution in [0.25, 0.3) is 0 Å². The number of nitrogens with one attached hydrogen (secondary N) is 1. The second kappa shape index (κ2) is 8.66. The van der Waals surface area contributed by atoms with Gasteiger partial charge in [-0.3, -0.25) is 0 Å². The lowest BCUT2D eigenvalue weighted by molar-refractivity contribution is 0.0586. The highest BCUT2D eigenvalue weighted by Gasteiger charge is 2.27. The molecule has 3 rings (SSSR count). The van der Waals surface area contributed by atoms with Crippen molar-refractivity contribution in [1.82, 2.24) is 10.2 Å². The molecular formula is C21H24FN3O2. The van der Waals surface area contributed by atoms with E-state index < -0.39 is 0 Å². The van der Waals surface area contributed by atoms with Crippen LogP contribution in [0.4, 0.5) is 9.18 Å². The predicted molar refractivity (Wildman–Crippen MR) is 103 cm³/mol. The average Bonchev–Trinajstić information content (AvgIpc) is 3.10. The minimum absolute atomic E-state index is 0.0411. The molecule has 0 aromatic heterocycles. The molecule has 1 aliphatic heterocycles. The quantitative estimate of drug-likeness (QED) is 0.839. The largest absolute Gasteiger partial charge is 0.390 e. The van der Waals surface area contributed by atoms with E-state index in [1.54, 1.807) is 17.0 Å². The standard InChI is InChI=1S/C21H24FN3O2/c1-15(2)23-21(26)25(13-16-7-4-3-5-8-16)14-19-12-20(24-27-19)17-9-6-10-18(22)11-17/h3-11,15,19H,12-14H2,1-2H3,(H,23,26)/t19-/m1/s1. The molecule has 2 amide bonds. The number of oxime groups is 1. The molecule has 0 saturated carbocycles. The number of halogens is 1. The Labute approximate surface area is 158 Å². The maximum atomic E-state index is 13.4. The monoisotopic (exact) mass is 369 g/mol. The van der Waals surface area contributed by atoms with Gasteiger partial charge in [0, 0.05) is 24.6 Å². The summed E-state index contributed by atoms with van der Waals surface area (Å²) in [6, 6.07) is 16.0. The van der Waals surface area contributed by atoms with Crippen LogP contribution < -0.4 is 5.32 Å². The molecule has 2 aromatic rings. The predicted octanol–water partition coefficient (Wildman–Crippen LogP) is 3.94. The molecule has 0 saturated heterocycles. The van der Waals surface area contributed by atoms with Crippen molar-refractivity contribution < 1.29 is 14.0 Å². The second-order valence-corrected chi connectivity index (χ2v) is 6.95. The summed E-state index contributed by atoms with van der Waals surface area (Å²) >= 11 is 0. The Morgan fingerprint density at radius 1 is 1.26 bits per heavy atom. The van der Waals surface area contributed by atoms with Gasteiger partial charge in [-0.15, -0.1) is 0 Å². The minimum Gasteiger partial charge on any atom is -0.390 e. The van der Waals surface area contributed by atoms with Crippen LogP contribution in [0.5, 0.6) is 0 Å². The van der Waals surface area contributed by atoms with Crippen molar-refractivity contribution in [3.8, 4) is 0 Å². The van der Waals surface area contributed by atoms with Crippen LogP contribution in [0, 0.1) is 5.82 Å². The molecule has 0 bridgehead atoms. The van der Waals surface area contributed by atoms with E-state index in [1.165, 1.54) is 12.1 Å². The van der Waals surface area contributed by atoms with Gasteiger partial charge in [0.25, 0.3) is 0 Å². The summed E-state index contributed by atoms with van der Waals surface area (Å²) in [5, 5.41) is 7.03. The molecule has 0 aliphatic carbocycles. The fourth-order valence-electron chi connectivity index (χ4n) is 2.97. The third-order valence-corrected chi connectivity index (χ3v) is 4.23. The molecule has 27 heavy (non-hydrogen) atoms. The fourth-order valence-corrected chi connectivity index (χ4v) is 2.97. The lowest BCUT2D eigenvalue weighted by Gasteiger charge is -2.26. The van der Waals surface area contributed by atoms with Gasteiger partial charge in [0.2, 0.25) is 0 Å². The number of hydrogen-bond donors (Lipinski definition) is 1. The van der Waals surface area contributed by atoms with E-state index in [9.17, 15) is 9.18 Å². The molecule has 0 spiro atoms. The zero-order valence-corrected chi connectivity index (χ0v) is 15.6. The van der Waals surface area contributed by atoms with Crippen molar-refractivity contribution >= 4 is 11.7 Å². The van der Waals surface area contributed by atoms with E-state index in [4.69, 9.17) is 4.84 Å². The summed E-state index contributed by atoms with van der Waals surface area (Å²) in [6.45, 7) is 4.73. The Kier molecular flexibility index (Phi) is 6.06. The zero-order valence-electron chi connectivity index (χ0n) is 15.6. The van der Waals surface area contributed by atoms with Crippen LogP contribution in [-0.2, 0) is 11.4 Å². The molecule has 5 nitrogen and oxygen atoms in total. The molecule has 6 heteroatoms. The Morgan fingerprint density at radius 3 is 2.74 bits per heavy atom. The van der Waals surface area contributed by atoms with E-state index in [0.717, 1.165) is 5.56 Å². The molecule has 0 fully saturated rings. The number of nitrogens with zero attached hydrogens (tertiary/aromatic N) is 2. The van der Waals surface area contributed by atoms with Gasteiger partial charge >= 0.3 is 6.03 Å². The molecule has 0 unspecified atom stereocenters. The normalized spacial score (nSPS) is 16.0. The van der Waals surface area contributed by atoms with Gasteiger partial charge in [0.1, 0.15) is 5.82 Å². The van der Waals surface area contributed by atoms with Crippen molar-refractivity contribution in [1.29, 1.82) is 0 Å². The summed E-state index contributed by atoms with van der Waals surface area (Å²) in [6.07, 6.45) is 0.272. The molecular weight excluding hydrogens is 345 g/mol. The number of carbonyl (C=O) groups excluding carboxylic acids is 1. The second-order valence-electron chi connectivity index (χ2n) is 6.95. The summed E-state index contributed by atoms with van der Waals surface area (Å²) in [7, 11) is 0. The van der Waals surface area contributed by atoms with Crippen molar-refractivity contribution in [2.75, 3.05) is 6.54 Å². The lowest BCUT2D eigenvalue weighted by Crippen LogP contribution is -2.45. The van der Waals surface area contributed by atoms with Crippen molar-refractivity contribution in [2.45, 2.75) is 39.0 Å². The van der Waals surface area contributed by atoms with Gasteiger partial charge in [-0.2, -0.15) is 0 Å². The number of hydrogen-bond acceptors (Lipinski definition) is 3. The van der Waals surface area contributed by atoms with Crippen LogP contribution in [0.3, 0.4) is 0 Å². The Balaban J connectivity index is 1.66. The maximum Gasteiger partial charge on any atom is 0.318 e. The molecule has 1 heterocycles. The van der Waals surface area contributed by atoms with Crippen molar-refractivity contribution in [3.63, 3.8) is 0 Å². The number of benzene rings is 2. The van der Waals surface area contributed by atoms with E-state index in [-0.39, 0.29) is 24.0 Å². The van der Waals surface area contributed by atoms with E-state index in [2.05, 4.69) is 10.5 Å². The van der Waals surface area contributed by atoms with Crippen LogP contribution in [0.15, 0.2) is 59.8 Å². The van der Waals surface area contributed by atoms with Crippen molar-refractivity contribution in [2.24, 2.45) is 5.16 Å². The molecule has 1 N–H and O–H groups in total. The van der Waals surface area contributed by atoms with Gasteiger partial charge in [0.05, 0.1) is 12.3 Å². The first kappa shape index (κ1) is 18.9. The molecule has 0 radical (unpaired) electrons. The van der Waals surface area contributed by atoms with Crippen LogP contribution in [0.2, 0.25) is 0 Å². The smallest absolute Gasteiger partial charge is 0.318 e. The highest BCUT2D eigenvalue weighted by Crippen LogP contribution is 2.19. The van der Waals surface area contributed by atoms with Crippen LogP contribution in [-0.4, -0.2) is 35.3 Å². The zero-order chi connectivity index (χ0) is 19.2. The van der Waals surface area contributed by atoms with Gasteiger partial charge in [-0.1, -0.05) is 47.6 Å². The van der Waals surface area contributed by atoms with Gasteiger partial charge in [-0.25, -0.2) is 9.18 Å². The SMILES string of the molecule is CC(C)NC(=O)N(Cc1ccccc1)C[C@H]1CC(c2cccc(F)c2)=NO1. The number of carbonyl (C=O) groups is 1. The number of rotatable bonds is 6. The Hall–Kier alpha value is -2.89. The minimum atomic E-state index is -0.305. The molecule has 1 atom stereocenters. The lowest BCUT2D eigenvalue weighted by atomic mass is 10.0.